The van der Waals surface area contributed by atoms with E-state index in [9.17, 15) is 5.26 Å². The monoisotopic (exact) mass is 767 g/mol. The number of nitriles is 1. The molecule has 2 heterocycles. The van der Waals surface area contributed by atoms with Crippen LogP contribution in [0.5, 0.6) is 0 Å². The van der Waals surface area contributed by atoms with Crippen molar-refractivity contribution in [2.24, 2.45) is 0 Å². The number of para-hydroxylation sites is 3. The Balaban J connectivity index is 1.15. The molecule has 9 aromatic carbocycles. The maximum atomic E-state index is 9.84. The molecular weight excluding hydrogens is 731 g/mol. The molecule has 0 bridgehead atoms. The van der Waals surface area contributed by atoms with Gasteiger partial charge >= 0.3 is 0 Å². The summed E-state index contributed by atoms with van der Waals surface area (Å²) in [6, 6.07) is 83.9. The number of fused-ring (bicyclic) bond motifs is 6. The van der Waals surface area contributed by atoms with E-state index in [1.54, 1.807) is 0 Å². The van der Waals surface area contributed by atoms with Crippen LogP contribution in [-0.4, -0.2) is 17.2 Å². The Morgan fingerprint density at radius 3 is 1.49 bits per heavy atom. The first-order chi connectivity index (χ1) is 29.2. The standard InChI is InChI=1S/C55H37N3Si/c56-38-39-17-14-18-41(35-39)58-53-32-13-10-27-48(53)50-30-16-29-47(55(50)58)40-33-34-54-51(36-40)49-28-11-12-31-52(49)57(54)42-19-15-26-46(37-42)59(43-20-4-1-5-21-43,44-22-6-2-7-23-44)45-24-8-3-9-25-45/h1-37H. The molecule has 4 heteroatoms. The summed E-state index contributed by atoms with van der Waals surface area (Å²) in [7, 11) is -2.75. The lowest BCUT2D eigenvalue weighted by Crippen LogP contribution is -2.74. The topological polar surface area (TPSA) is 33.6 Å². The summed E-state index contributed by atoms with van der Waals surface area (Å²) in [6.07, 6.45) is 0. The van der Waals surface area contributed by atoms with Crippen molar-refractivity contribution >= 4 is 72.4 Å². The molecule has 0 atom stereocenters. The minimum absolute atomic E-state index is 0.639. The highest BCUT2D eigenvalue weighted by Crippen LogP contribution is 2.40. The summed E-state index contributed by atoms with van der Waals surface area (Å²) in [5, 5.41) is 20.0. The van der Waals surface area contributed by atoms with Gasteiger partial charge in [-0.3, -0.25) is 0 Å². The average molecular weight is 768 g/mol. The largest absolute Gasteiger partial charge is 0.309 e. The normalized spacial score (nSPS) is 11.7. The summed E-state index contributed by atoms with van der Waals surface area (Å²) in [6.45, 7) is 0. The first kappa shape index (κ1) is 34.5. The highest BCUT2D eigenvalue weighted by atomic mass is 28.3. The van der Waals surface area contributed by atoms with Crippen LogP contribution in [0.15, 0.2) is 224 Å². The van der Waals surface area contributed by atoms with E-state index in [-0.39, 0.29) is 0 Å². The van der Waals surface area contributed by atoms with E-state index in [1.165, 1.54) is 47.8 Å². The summed E-state index contributed by atoms with van der Waals surface area (Å²) in [4.78, 5) is 0. The molecule has 276 valence electrons. The first-order valence-corrected chi connectivity index (χ1v) is 22.1. The zero-order valence-corrected chi connectivity index (χ0v) is 33.2. The Morgan fingerprint density at radius 2 is 0.847 bits per heavy atom. The van der Waals surface area contributed by atoms with Crippen LogP contribution in [0.2, 0.25) is 0 Å². The van der Waals surface area contributed by atoms with Gasteiger partial charge in [0.05, 0.1) is 33.7 Å². The van der Waals surface area contributed by atoms with Gasteiger partial charge in [-0.05, 0) is 80.9 Å². The van der Waals surface area contributed by atoms with Gasteiger partial charge in [0.25, 0.3) is 0 Å². The van der Waals surface area contributed by atoms with Gasteiger partial charge in [-0.15, -0.1) is 0 Å². The molecular formula is C55H37N3Si. The van der Waals surface area contributed by atoms with Gasteiger partial charge in [0.2, 0.25) is 0 Å². The Labute approximate surface area is 343 Å². The maximum absolute atomic E-state index is 9.84. The highest BCUT2D eigenvalue weighted by Gasteiger charge is 2.41. The van der Waals surface area contributed by atoms with Gasteiger partial charge in [-0.25, -0.2) is 0 Å². The molecule has 0 fully saturated rings. The lowest BCUT2D eigenvalue weighted by molar-refractivity contribution is 1.18. The number of nitrogens with zero attached hydrogens (tertiary/aromatic N) is 3. The summed E-state index contributed by atoms with van der Waals surface area (Å²) in [5.74, 6) is 0. The van der Waals surface area contributed by atoms with E-state index in [1.807, 2.05) is 18.2 Å². The Hall–Kier alpha value is -7.71. The number of aromatic nitrogens is 2. The molecule has 0 spiro atoms. The van der Waals surface area contributed by atoms with Crippen molar-refractivity contribution in [1.82, 2.24) is 9.13 Å². The SMILES string of the molecule is N#Cc1cccc(-n2c3ccccc3c3cccc(-c4ccc5c(c4)c4ccccc4n5-c4cccc([Si](c5ccccc5)(c5ccccc5)c5ccccc5)c4)c32)c1. The predicted octanol–water partition coefficient (Wildman–Crippen LogP) is 10.8. The van der Waals surface area contributed by atoms with Crippen molar-refractivity contribution in [3.63, 3.8) is 0 Å². The van der Waals surface area contributed by atoms with Crippen molar-refractivity contribution in [1.29, 1.82) is 5.26 Å². The molecule has 59 heavy (non-hydrogen) atoms. The molecule has 0 saturated carbocycles. The van der Waals surface area contributed by atoms with E-state index in [0.29, 0.717) is 5.56 Å². The Morgan fingerprint density at radius 1 is 0.356 bits per heavy atom. The second kappa shape index (κ2) is 14.0. The van der Waals surface area contributed by atoms with E-state index < -0.39 is 8.07 Å². The van der Waals surface area contributed by atoms with Crippen LogP contribution in [0.3, 0.4) is 0 Å². The summed E-state index contributed by atoms with van der Waals surface area (Å²) >= 11 is 0. The predicted molar refractivity (Wildman–Crippen MR) is 249 cm³/mol. The molecule has 0 N–H and O–H groups in total. The lowest BCUT2D eigenvalue weighted by atomic mass is 10.00. The van der Waals surface area contributed by atoms with Gasteiger partial charge in [0.15, 0.2) is 8.07 Å². The molecule has 0 saturated heterocycles. The molecule has 3 nitrogen and oxygen atoms in total. The fourth-order valence-corrected chi connectivity index (χ4v) is 14.4. The average Bonchev–Trinajstić information content (AvgIpc) is 3.83. The maximum Gasteiger partial charge on any atom is 0.179 e. The van der Waals surface area contributed by atoms with Crippen molar-refractivity contribution < 1.29 is 0 Å². The number of rotatable bonds is 7. The molecule has 11 rings (SSSR count). The van der Waals surface area contributed by atoms with Crippen LogP contribution < -0.4 is 20.7 Å². The number of hydrogen-bond donors (Lipinski definition) is 0. The molecule has 0 amide bonds. The molecule has 0 aliphatic rings. The van der Waals surface area contributed by atoms with Crippen LogP contribution in [0.25, 0.3) is 66.1 Å². The molecule has 0 unspecified atom stereocenters. The Kier molecular flexibility index (Phi) is 8.21. The van der Waals surface area contributed by atoms with Gasteiger partial charge in [0, 0.05) is 38.5 Å². The summed E-state index contributed by atoms with van der Waals surface area (Å²) in [5.41, 5.74) is 9.61. The van der Waals surface area contributed by atoms with Crippen molar-refractivity contribution in [2.75, 3.05) is 0 Å². The molecule has 0 aliphatic heterocycles. The first-order valence-electron chi connectivity index (χ1n) is 20.1. The van der Waals surface area contributed by atoms with Crippen LogP contribution in [0, 0.1) is 11.3 Å². The highest BCUT2D eigenvalue weighted by molar-refractivity contribution is 7.19. The van der Waals surface area contributed by atoms with Crippen molar-refractivity contribution in [2.45, 2.75) is 0 Å². The minimum atomic E-state index is -2.75. The quantitative estimate of drug-likeness (QED) is 0.117. The number of hydrogen-bond acceptors (Lipinski definition) is 1. The third kappa shape index (κ3) is 5.40. The van der Waals surface area contributed by atoms with Crippen LogP contribution in [0.1, 0.15) is 5.56 Å². The van der Waals surface area contributed by atoms with E-state index in [0.717, 1.165) is 39.1 Å². The second-order valence-electron chi connectivity index (χ2n) is 15.2. The van der Waals surface area contributed by atoms with Gasteiger partial charge < -0.3 is 9.13 Å². The van der Waals surface area contributed by atoms with E-state index >= 15 is 0 Å². The third-order valence-electron chi connectivity index (χ3n) is 12.1. The molecule has 0 radical (unpaired) electrons. The van der Waals surface area contributed by atoms with Crippen LogP contribution in [-0.2, 0) is 0 Å². The van der Waals surface area contributed by atoms with E-state index in [2.05, 4.69) is 221 Å². The third-order valence-corrected chi connectivity index (χ3v) is 16.8. The van der Waals surface area contributed by atoms with Gasteiger partial charge in [-0.1, -0.05) is 170 Å². The number of benzene rings is 9. The lowest BCUT2D eigenvalue weighted by Gasteiger charge is -2.34. The van der Waals surface area contributed by atoms with Crippen LogP contribution in [0.4, 0.5) is 0 Å². The minimum Gasteiger partial charge on any atom is -0.309 e. The molecule has 0 aliphatic carbocycles. The molecule has 2 aromatic heterocycles. The zero-order chi connectivity index (χ0) is 39.3. The summed E-state index contributed by atoms with van der Waals surface area (Å²) < 4.78 is 4.77. The Bertz CT molecular complexity index is 3300. The molecule has 11 aromatic rings. The van der Waals surface area contributed by atoms with Crippen molar-refractivity contribution in [3.8, 4) is 28.6 Å². The van der Waals surface area contributed by atoms with E-state index in [4.69, 9.17) is 0 Å². The second-order valence-corrected chi connectivity index (χ2v) is 19.0. The fourth-order valence-electron chi connectivity index (χ4n) is 9.60. The zero-order valence-electron chi connectivity index (χ0n) is 32.2. The van der Waals surface area contributed by atoms with Gasteiger partial charge in [0.1, 0.15) is 0 Å². The van der Waals surface area contributed by atoms with Crippen molar-refractivity contribution in [3.05, 3.63) is 230 Å². The van der Waals surface area contributed by atoms with Crippen LogP contribution >= 0.6 is 0 Å². The van der Waals surface area contributed by atoms with Gasteiger partial charge in [-0.2, -0.15) is 5.26 Å². The fraction of sp³-hybridized carbons (Fsp3) is 0. The smallest absolute Gasteiger partial charge is 0.179 e.